The summed E-state index contributed by atoms with van der Waals surface area (Å²) in [5, 5.41) is 13.6. The Kier molecular flexibility index (Phi) is 5.86. The largest absolute Gasteiger partial charge is 0.507 e. The molecule has 0 bridgehead atoms. The zero-order chi connectivity index (χ0) is 27.3. The first-order chi connectivity index (χ1) is 18.7. The molecule has 6 rings (SSSR count). The van der Waals surface area contributed by atoms with Gasteiger partial charge in [-0.2, -0.15) is 4.98 Å². The summed E-state index contributed by atoms with van der Waals surface area (Å²) in [7, 11) is 0. The molecule has 0 amide bonds. The highest BCUT2D eigenvalue weighted by atomic mass is 19.1. The second-order valence-electron chi connectivity index (χ2n) is 9.94. The van der Waals surface area contributed by atoms with E-state index in [1.165, 1.54) is 18.3 Å². The van der Waals surface area contributed by atoms with E-state index in [1.807, 2.05) is 18.4 Å². The molecule has 11 heteroatoms. The summed E-state index contributed by atoms with van der Waals surface area (Å²) < 4.78 is 49.7. The highest BCUT2D eigenvalue weighted by Gasteiger charge is 2.36. The number of rotatable bonds is 6. The van der Waals surface area contributed by atoms with Gasteiger partial charge in [-0.1, -0.05) is 6.07 Å². The van der Waals surface area contributed by atoms with Crippen molar-refractivity contribution in [2.75, 3.05) is 18.5 Å². The van der Waals surface area contributed by atoms with Crippen molar-refractivity contribution >= 4 is 17.0 Å². The van der Waals surface area contributed by atoms with Gasteiger partial charge in [-0.3, -0.25) is 9.55 Å². The maximum Gasteiger partial charge on any atom is 0.299 e. The van der Waals surface area contributed by atoms with Gasteiger partial charge < -0.3 is 15.2 Å². The number of aromatic nitrogens is 5. The van der Waals surface area contributed by atoms with Crippen LogP contribution in [0.5, 0.6) is 11.8 Å². The van der Waals surface area contributed by atoms with E-state index in [0.29, 0.717) is 48.1 Å². The van der Waals surface area contributed by atoms with Crippen LogP contribution in [0.2, 0.25) is 0 Å². The monoisotopic (exact) mass is 532 g/mol. The van der Waals surface area contributed by atoms with E-state index in [4.69, 9.17) is 4.74 Å². The molecule has 4 heterocycles. The molecule has 0 saturated carbocycles. The molecule has 0 fully saturated rings. The van der Waals surface area contributed by atoms with Crippen molar-refractivity contribution in [2.24, 2.45) is 0 Å². The predicted molar refractivity (Wildman–Crippen MR) is 139 cm³/mol. The summed E-state index contributed by atoms with van der Waals surface area (Å²) in [6.07, 6.45) is 3.05. The molecule has 39 heavy (non-hydrogen) atoms. The molecule has 5 aromatic rings. The Morgan fingerprint density at radius 3 is 2.64 bits per heavy atom. The maximum atomic E-state index is 14.4. The number of nitrogens with one attached hydrogen (secondary N) is 1. The number of imidazole rings is 1. The van der Waals surface area contributed by atoms with Gasteiger partial charge in [0, 0.05) is 29.4 Å². The second kappa shape index (κ2) is 9.26. The number of nitrogens with zero attached hydrogens (tertiary/aromatic N) is 5. The molecule has 198 valence electrons. The normalized spacial score (nSPS) is 13.9. The van der Waals surface area contributed by atoms with Gasteiger partial charge in [-0.15, -0.1) is 0 Å². The standard InChI is InChI=1S/C28H23F3N6O2/c1-28(2)14-39-27-34-23-25(35-24(36-26(23)37(27)28)16-10-18(30)13-32-12-16)33-8-7-15-3-6-22(38)20(9-15)19-11-17(29)4-5-21(19)31/h3-6,9-13,38H,7-8,14H2,1-2H3,(H,33,35,36). The van der Waals surface area contributed by atoms with Crippen molar-refractivity contribution in [3.05, 3.63) is 77.9 Å². The molecule has 0 unspecified atom stereocenters. The third kappa shape index (κ3) is 4.49. The first-order valence-electron chi connectivity index (χ1n) is 12.3. The van der Waals surface area contributed by atoms with Gasteiger partial charge in [0.25, 0.3) is 6.01 Å². The number of fused-ring (bicyclic) bond motifs is 3. The van der Waals surface area contributed by atoms with Crippen LogP contribution in [0.1, 0.15) is 19.4 Å². The molecule has 0 spiro atoms. The number of benzene rings is 2. The predicted octanol–water partition coefficient (Wildman–Crippen LogP) is 5.46. The number of ether oxygens (including phenoxy) is 1. The SMILES string of the molecule is CC1(C)COc2nc3c(NCCc4ccc(O)c(-c5cc(F)ccc5F)c4)nc(-c4cncc(F)c4)nc3n21. The lowest BCUT2D eigenvalue weighted by Crippen LogP contribution is -2.25. The van der Waals surface area contributed by atoms with Crippen LogP contribution in [0.15, 0.2) is 54.9 Å². The van der Waals surface area contributed by atoms with Crippen LogP contribution in [0.4, 0.5) is 19.0 Å². The number of hydrogen-bond donors (Lipinski definition) is 2. The van der Waals surface area contributed by atoms with Gasteiger partial charge in [-0.25, -0.2) is 23.1 Å². The first-order valence-corrected chi connectivity index (χ1v) is 12.3. The van der Waals surface area contributed by atoms with Gasteiger partial charge in [0.2, 0.25) is 0 Å². The quantitative estimate of drug-likeness (QED) is 0.300. The Morgan fingerprint density at radius 1 is 0.974 bits per heavy atom. The van der Waals surface area contributed by atoms with Crippen LogP contribution in [0, 0.1) is 17.5 Å². The van der Waals surface area contributed by atoms with Crippen molar-refractivity contribution < 1.29 is 23.0 Å². The Bertz CT molecular complexity index is 1740. The Labute approximate surface area is 221 Å². The first kappa shape index (κ1) is 24.7. The van der Waals surface area contributed by atoms with Gasteiger partial charge in [0.05, 0.1) is 11.7 Å². The molecular weight excluding hydrogens is 509 g/mol. The number of anilines is 1. The van der Waals surface area contributed by atoms with E-state index in [0.717, 1.165) is 30.0 Å². The molecule has 1 aliphatic heterocycles. The van der Waals surface area contributed by atoms with Crippen LogP contribution >= 0.6 is 0 Å². The fraction of sp³-hybridized carbons (Fsp3) is 0.214. The number of halogens is 3. The number of pyridine rings is 1. The van der Waals surface area contributed by atoms with E-state index in [-0.39, 0.29) is 22.7 Å². The highest BCUT2D eigenvalue weighted by Crippen LogP contribution is 2.37. The van der Waals surface area contributed by atoms with Crippen LogP contribution in [0.25, 0.3) is 33.7 Å². The molecule has 3 aromatic heterocycles. The third-order valence-corrected chi connectivity index (χ3v) is 6.58. The Balaban J connectivity index is 1.33. The number of hydrogen-bond acceptors (Lipinski definition) is 7. The smallest absolute Gasteiger partial charge is 0.299 e. The second-order valence-corrected chi connectivity index (χ2v) is 9.94. The zero-order valence-corrected chi connectivity index (χ0v) is 21.0. The minimum absolute atomic E-state index is 0.0247. The lowest BCUT2D eigenvalue weighted by molar-refractivity contribution is 0.268. The molecule has 1 aliphatic rings. The maximum absolute atomic E-state index is 14.4. The summed E-state index contributed by atoms with van der Waals surface area (Å²) in [4.78, 5) is 17.8. The lowest BCUT2D eigenvalue weighted by Gasteiger charge is -2.18. The summed E-state index contributed by atoms with van der Waals surface area (Å²) >= 11 is 0. The zero-order valence-electron chi connectivity index (χ0n) is 21.0. The summed E-state index contributed by atoms with van der Waals surface area (Å²) in [5.74, 6) is -1.20. The Morgan fingerprint density at radius 2 is 1.82 bits per heavy atom. The van der Waals surface area contributed by atoms with Gasteiger partial charge in [0.15, 0.2) is 22.8 Å². The lowest BCUT2D eigenvalue weighted by atomic mass is 10.00. The van der Waals surface area contributed by atoms with Crippen molar-refractivity contribution in [1.82, 2.24) is 24.5 Å². The van der Waals surface area contributed by atoms with Gasteiger partial charge >= 0.3 is 0 Å². The van der Waals surface area contributed by atoms with Gasteiger partial charge in [-0.05, 0) is 62.2 Å². The third-order valence-electron chi connectivity index (χ3n) is 6.58. The molecule has 2 aromatic carbocycles. The minimum atomic E-state index is -0.636. The molecule has 8 nitrogen and oxygen atoms in total. The number of phenolic OH excluding ortho intramolecular Hbond substituents is 1. The van der Waals surface area contributed by atoms with E-state index in [9.17, 15) is 18.3 Å². The fourth-order valence-electron chi connectivity index (χ4n) is 4.66. The number of aromatic hydroxyl groups is 1. The molecule has 0 atom stereocenters. The fourth-order valence-corrected chi connectivity index (χ4v) is 4.66. The van der Waals surface area contributed by atoms with E-state index >= 15 is 0 Å². The Hall–Kier alpha value is -4.67. The van der Waals surface area contributed by atoms with Crippen molar-refractivity contribution in [3.8, 4) is 34.3 Å². The van der Waals surface area contributed by atoms with Gasteiger partial charge in [0.1, 0.15) is 29.8 Å². The van der Waals surface area contributed by atoms with Crippen LogP contribution in [-0.2, 0) is 12.0 Å². The minimum Gasteiger partial charge on any atom is -0.507 e. The van der Waals surface area contributed by atoms with Crippen molar-refractivity contribution in [1.29, 1.82) is 0 Å². The molecule has 0 saturated heterocycles. The van der Waals surface area contributed by atoms with Crippen LogP contribution in [0.3, 0.4) is 0 Å². The summed E-state index contributed by atoms with van der Waals surface area (Å²) in [6, 6.07) is 9.61. The average Bonchev–Trinajstić information content (AvgIpc) is 3.43. The van der Waals surface area contributed by atoms with E-state index < -0.39 is 23.0 Å². The molecule has 0 radical (unpaired) electrons. The molecule has 2 N–H and O–H groups in total. The molecular formula is C28H23F3N6O2. The highest BCUT2D eigenvalue weighted by molar-refractivity contribution is 5.86. The van der Waals surface area contributed by atoms with E-state index in [2.05, 4.69) is 25.3 Å². The average molecular weight is 533 g/mol. The van der Waals surface area contributed by atoms with Crippen LogP contribution < -0.4 is 10.1 Å². The molecule has 0 aliphatic carbocycles. The van der Waals surface area contributed by atoms with Crippen molar-refractivity contribution in [2.45, 2.75) is 25.8 Å². The van der Waals surface area contributed by atoms with E-state index in [1.54, 1.807) is 12.1 Å². The summed E-state index contributed by atoms with van der Waals surface area (Å²) in [6.45, 7) is 4.83. The number of phenols is 1. The summed E-state index contributed by atoms with van der Waals surface area (Å²) in [5.41, 5.74) is 1.99. The van der Waals surface area contributed by atoms with Crippen molar-refractivity contribution in [3.63, 3.8) is 0 Å². The topological polar surface area (TPSA) is 98.0 Å². The van der Waals surface area contributed by atoms with Crippen LogP contribution in [-0.4, -0.2) is 42.8 Å².